The number of nitrogens with zero attached hydrogens (tertiary/aromatic N) is 2. The van der Waals surface area contributed by atoms with Gasteiger partial charge in [-0.3, -0.25) is 0 Å². The number of aromatic carboxylic acids is 1. The summed E-state index contributed by atoms with van der Waals surface area (Å²) in [5, 5.41) is 10.9. The van der Waals surface area contributed by atoms with E-state index in [-0.39, 0.29) is 5.69 Å². The third kappa shape index (κ3) is 1.43. The molecular formula is C11H6ClN3O2. The fourth-order valence-corrected chi connectivity index (χ4v) is 2.04. The Morgan fingerprint density at radius 3 is 3.00 bits per heavy atom. The van der Waals surface area contributed by atoms with E-state index in [1.165, 1.54) is 12.3 Å². The fourth-order valence-electron chi connectivity index (χ4n) is 1.80. The second kappa shape index (κ2) is 3.43. The van der Waals surface area contributed by atoms with Gasteiger partial charge < -0.3 is 10.1 Å². The zero-order chi connectivity index (χ0) is 12.0. The van der Waals surface area contributed by atoms with Crippen molar-refractivity contribution in [1.29, 1.82) is 0 Å². The monoisotopic (exact) mass is 247 g/mol. The summed E-state index contributed by atoms with van der Waals surface area (Å²) in [5.74, 6) is -1.07. The number of aromatic amines is 1. The lowest BCUT2D eigenvalue weighted by Gasteiger charge is -1.95. The van der Waals surface area contributed by atoms with E-state index in [4.69, 9.17) is 16.7 Å². The van der Waals surface area contributed by atoms with Gasteiger partial charge in [0, 0.05) is 17.0 Å². The highest BCUT2D eigenvalue weighted by Crippen LogP contribution is 2.29. The van der Waals surface area contributed by atoms with E-state index in [2.05, 4.69) is 15.0 Å². The molecule has 0 amide bonds. The summed E-state index contributed by atoms with van der Waals surface area (Å²) in [4.78, 5) is 21.9. The predicted molar refractivity (Wildman–Crippen MR) is 63.4 cm³/mol. The van der Waals surface area contributed by atoms with Crippen LogP contribution in [0.5, 0.6) is 0 Å². The number of carbonyl (C=O) groups is 1. The maximum absolute atomic E-state index is 10.9. The minimum atomic E-state index is -1.07. The summed E-state index contributed by atoms with van der Waals surface area (Å²) < 4.78 is 0. The minimum absolute atomic E-state index is 0.0154. The second-order valence-corrected chi connectivity index (χ2v) is 3.97. The highest BCUT2D eigenvalue weighted by Gasteiger charge is 2.12. The van der Waals surface area contributed by atoms with E-state index in [9.17, 15) is 4.79 Å². The molecule has 6 heteroatoms. The highest BCUT2D eigenvalue weighted by atomic mass is 35.5. The number of fused-ring (bicyclic) bond motifs is 3. The van der Waals surface area contributed by atoms with Crippen LogP contribution in [0.2, 0.25) is 5.02 Å². The first-order valence-corrected chi connectivity index (χ1v) is 5.20. The van der Waals surface area contributed by atoms with E-state index in [1.807, 2.05) is 0 Å². The quantitative estimate of drug-likeness (QED) is 0.692. The van der Waals surface area contributed by atoms with Gasteiger partial charge in [0.2, 0.25) is 0 Å². The molecular weight excluding hydrogens is 242 g/mol. The van der Waals surface area contributed by atoms with Crippen LogP contribution in [0.4, 0.5) is 0 Å². The molecule has 5 nitrogen and oxygen atoms in total. The van der Waals surface area contributed by atoms with Crippen LogP contribution < -0.4 is 0 Å². The number of H-pyrrole nitrogens is 1. The SMILES string of the molecule is O=C(O)c1cc2c(cn1)[nH]c1nccc(Cl)c12. The van der Waals surface area contributed by atoms with Crippen molar-refractivity contribution < 1.29 is 9.90 Å². The van der Waals surface area contributed by atoms with Crippen molar-refractivity contribution in [3.63, 3.8) is 0 Å². The molecule has 0 saturated heterocycles. The first kappa shape index (κ1) is 10.0. The zero-order valence-corrected chi connectivity index (χ0v) is 9.19. The van der Waals surface area contributed by atoms with E-state index >= 15 is 0 Å². The Labute approximate surface area is 100 Å². The number of carboxylic acid groups (broad SMARTS) is 1. The summed E-state index contributed by atoms with van der Waals surface area (Å²) in [6, 6.07) is 3.15. The van der Waals surface area contributed by atoms with Gasteiger partial charge in [-0.15, -0.1) is 0 Å². The highest BCUT2D eigenvalue weighted by molar-refractivity contribution is 6.37. The van der Waals surface area contributed by atoms with Crippen molar-refractivity contribution in [3.05, 3.63) is 35.2 Å². The number of aromatic nitrogens is 3. The fraction of sp³-hybridized carbons (Fsp3) is 0. The molecule has 3 aromatic heterocycles. The molecule has 0 atom stereocenters. The normalized spacial score (nSPS) is 11.1. The van der Waals surface area contributed by atoms with Gasteiger partial charge >= 0.3 is 5.97 Å². The topological polar surface area (TPSA) is 78.9 Å². The molecule has 3 heterocycles. The number of hydrogen-bond acceptors (Lipinski definition) is 3. The second-order valence-electron chi connectivity index (χ2n) is 3.56. The average Bonchev–Trinajstić information content (AvgIpc) is 2.67. The molecule has 0 unspecified atom stereocenters. The van der Waals surface area contributed by atoms with Gasteiger partial charge in [-0.2, -0.15) is 0 Å². The maximum Gasteiger partial charge on any atom is 0.354 e. The van der Waals surface area contributed by atoms with Crippen LogP contribution in [0.3, 0.4) is 0 Å². The first-order chi connectivity index (χ1) is 8.16. The summed E-state index contributed by atoms with van der Waals surface area (Å²) in [6.45, 7) is 0. The summed E-state index contributed by atoms with van der Waals surface area (Å²) in [5.41, 5.74) is 1.32. The summed E-state index contributed by atoms with van der Waals surface area (Å²) >= 11 is 6.08. The Morgan fingerprint density at radius 1 is 1.41 bits per heavy atom. The number of hydrogen-bond donors (Lipinski definition) is 2. The standard InChI is InChI=1S/C11H6ClN3O2/c12-6-1-2-13-10-9(6)5-3-7(11(16)17)14-4-8(5)15-10/h1-4H,(H,13,15)(H,16,17). The van der Waals surface area contributed by atoms with Crippen molar-refractivity contribution in [2.45, 2.75) is 0 Å². The third-order valence-electron chi connectivity index (χ3n) is 2.55. The molecule has 0 aromatic carbocycles. The minimum Gasteiger partial charge on any atom is -0.477 e. The number of pyridine rings is 2. The molecule has 0 fully saturated rings. The molecule has 3 aromatic rings. The molecule has 3 rings (SSSR count). The Balaban J connectivity index is 2.48. The molecule has 17 heavy (non-hydrogen) atoms. The Morgan fingerprint density at radius 2 is 2.24 bits per heavy atom. The van der Waals surface area contributed by atoms with Crippen LogP contribution >= 0.6 is 11.6 Å². The number of halogens is 1. The van der Waals surface area contributed by atoms with Crippen molar-refractivity contribution in [2.75, 3.05) is 0 Å². The molecule has 0 saturated carbocycles. The van der Waals surface area contributed by atoms with Crippen LogP contribution in [-0.4, -0.2) is 26.0 Å². The van der Waals surface area contributed by atoms with Crippen LogP contribution in [0.15, 0.2) is 24.5 Å². The van der Waals surface area contributed by atoms with Gasteiger partial charge in [-0.1, -0.05) is 11.6 Å². The lowest BCUT2D eigenvalue weighted by Crippen LogP contribution is -1.98. The smallest absolute Gasteiger partial charge is 0.354 e. The van der Waals surface area contributed by atoms with E-state index in [0.717, 1.165) is 0 Å². The van der Waals surface area contributed by atoms with Crippen LogP contribution in [-0.2, 0) is 0 Å². The van der Waals surface area contributed by atoms with E-state index in [0.29, 0.717) is 27.0 Å². The van der Waals surface area contributed by atoms with E-state index in [1.54, 1.807) is 12.3 Å². The molecule has 2 N–H and O–H groups in total. The lowest BCUT2D eigenvalue weighted by atomic mass is 10.2. The molecule has 84 valence electrons. The van der Waals surface area contributed by atoms with Crippen molar-refractivity contribution >= 4 is 39.5 Å². The Kier molecular flexibility index (Phi) is 2.02. The van der Waals surface area contributed by atoms with Gasteiger partial charge in [-0.05, 0) is 12.1 Å². The predicted octanol–water partition coefficient (Wildman–Crippen LogP) is 2.46. The van der Waals surface area contributed by atoms with Gasteiger partial charge in [-0.25, -0.2) is 14.8 Å². The number of rotatable bonds is 1. The molecule has 0 aliphatic rings. The zero-order valence-electron chi connectivity index (χ0n) is 8.44. The third-order valence-corrected chi connectivity index (χ3v) is 2.86. The van der Waals surface area contributed by atoms with Gasteiger partial charge in [0.25, 0.3) is 0 Å². The maximum atomic E-state index is 10.9. The summed E-state index contributed by atoms with van der Waals surface area (Å²) in [7, 11) is 0. The Hall–Kier alpha value is -2.14. The van der Waals surface area contributed by atoms with Gasteiger partial charge in [0.1, 0.15) is 11.3 Å². The molecule has 0 radical (unpaired) electrons. The number of nitrogens with one attached hydrogen (secondary N) is 1. The van der Waals surface area contributed by atoms with Gasteiger partial charge in [0.15, 0.2) is 0 Å². The first-order valence-electron chi connectivity index (χ1n) is 4.82. The molecule has 0 spiro atoms. The summed E-state index contributed by atoms with van der Waals surface area (Å²) in [6.07, 6.45) is 3.06. The largest absolute Gasteiger partial charge is 0.477 e. The average molecular weight is 248 g/mol. The molecule has 0 bridgehead atoms. The lowest BCUT2D eigenvalue weighted by molar-refractivity contribution is 0.0691. The Bertz CT molecular complexity index is 751. The van der Waals surface area contributed by atoms with Crippen molar-refractivity contribution in [2.24, 2.45) is 0 Å². The van der Waals surface area contributed by atoms with Crippen LogP contribution in [0.25, 0.3) is 21.9 Å². The van der Waals surface area contributed by atoms with Crippen molar-refractivity contribution in [1.82, 2.24) is 15.0 Å². The number of carboxylic acids is 1. The van der Waals surface area contributed by atoms with Crippen LogP contribution in [0.1, 0.15) is 10.5 Å². The molecule has 0 aliphatic carbocycles. The molecule has 0 aliphatic heterocycles. The van der Waals surface area contributed by atoms with Crippen LogP contribution in [0, 0.1) is 0 Å². The van der Waals surface area contributed by atoms with Gasteiger partial charge in [0.05, 0.1) is 16.7 Å². The van der Waals surface area contributed by atoms with Crippen molar-refractivity contribution in [3.8, 4) is 0 Å². The van der Waals surface area contributed by atoms with E-state index < -0.39 is 5.97 Å².